The molecule has 1 rings (SSSR count). The molecule has 15 heavy (non-hydrogen) atoms. The number of aryl methyl sites for hydroxylation is 2. The summed E-state index contributed by atoms with van der Waals surface area (Å²) < 4.78 is 0. The zero-order valence-corrected chi connectivity index (χ0v) is 9.88. The molecule has 2 N–H and O–H groups in total. The highest BCUT2D eigenvalue weighted by atomic mass is 16.3. The zero-order chi connectivity index (χ0) is 11.3. The van der Waals surface area contributed by atoms with E-state index in [0.717, 1.165) is 13.0 Å². The first-order valence-corrected chi connectivity index (χ1v) is 5.57. The second-order valence-electron chi connectivity index (χ2n) is 4.10. The lowest BCUT2D eigenvalue weighted by molar-refractivity contribution is 0.238. The minimum absolute atomic E-state index is 0.210. The topological polar surface area (TPSA) is 32.3 Å². The minimum Gasteiger partial charge on any atom is -0.395 e. The van der Waals surface area contributed by atoms with E-state index in [4.69, 9.17) is 5.11 Å². The van der Waals surface area contributed by atoms with E-state index in [-0.39, 0.29) is 12.6 Å². The Morgan fingerprint density at radius 3 is 2.67 bits per heavy atom. The first kappa shape index (κ1) is 12.2. The largest absolute Gasteiger partial charge is 0.395 e. The number of aliphatic hydroxyl groups is 1. The summed E-state index contributed by atoms with van der Waals surface area (Å²) in [4.78, 5) is 0. The third-order valence-corrected chi connectivity index (χ3v) is 2.80. The highest BCUT2D eigenvalue weighted by Crippen LogP contribution is 2.10. The lowest BCUT2D eigenvalue weighted by Gasteiger charge is -2.15. The molecule has 0 saturated heterocycles. The number of aliphatic hydroxyl groups excluding tert-OH is 1. The minimum atomic E-state index is 0.210. The van der Waals surface area contributed by atoms with Crippen LogP contribution < -0.4 is 5.32 Å². The summed E-state index contributed by atoms with van der Waals surface area (Å²) >= 11 is 0. The fourth-order valence-electron chi connectivity index (χ4n) is 1.58. The number of benzene rings is 1. The molecule has 0 aliphatic rings. The third-order valence-electron chi connectivity index (χ3n) is 2.80. The second-order valence-corrected chi connectivity index (χ2v) is 4.10. The molecule has 1 aromatic carbocycles. The third kappa shape index (κ3) is 3.65. The van der Waals surface area contributed by atoms with Gasteiger partial charge in [-0.3, -0.25) is 0 Å². The molecule has 0 heterocycles. The molecule has 0 aromatic heterocycles. The predicted octanol–water partition coefficient (Wildman–Crippen LogP) is 2.16. The van der Waals surface area contributed by atoms with E-state index >= 15 is 0 Å². The summed E-state index contributed by atoms with van der Waals surface area (Å²) in [5.41, 5.74) is 3.91. The van der Waals surface area contributed by atoms with Crippen LogP contribution >= 0.6 is 0 Å². The van der Waals surface area contributed by atoms with E-state index in [1.165, 1.54) is 16.7 Å². The van der Waals surface area contributed by atoms with E-state index in [1.54, 1.807) is 0 Å². The summed E-state index contributed by atoms with van der Waals surface area (Å²) in [5, 5.41) is 12.4. The van der Waals surface area contributed by atoms with Crippen LogP contribution in [0.4, 0.5) is 0 Å². The van der Waals surface area contributed by atoms with Gasteiger partial charge in [0.25, 0.3) is 0 Å². The van der Waals surface area contributed by atoms with Gasteiger partial charge in [-0.15, -0.1) is 0 Å². The molecular formula is C13H21NO. The van der Waals surface area contributed by atoms with Crippen molar-refractivity contribution in [3.63, 3.8) is 0 Å². The lowest BCUT2D eigenvalue weighted by Crippen LogP contribution is -2.31. The normalized spacial score (nSPS) is 12.8. The summed E-state index contributed by atoms with van der Waals surface area (Å²) in [6, 6.07) is 6.69. The lowest BCUT2D eigenvalue weighted by atomic mass is 10.1. The number of hydrogen-bond acceptors (Lipinski definition) is 2. The fraction of sp³-hybridized carbons (Fsp3) is 0.538. The van der Waals surface area contributed by atoms with Crippen LogP contribution in [-0.4, -0.2) is 17.8 Å². The van der Waals surface area contributed by atoms with Crippen molar-refractivity contribution in [1.82, 2.24) is 5.32 Å². The van der Waals surface area contributed by atoms with Crippen molar-refractivity contribution >= 4 is 0 Å². The maximum absolute atomic E-state index is 9.07. The van der Waals surface area contributed by atoms with E-state index < -0.39 is 0 Å². The summed E-state index contributed by atoms with van der Waals surface area (Å²) in [6.07, 6.45) is 0.960. The van der Waals surface area contributed by atoms with E-state index in [9.17, 15) is 0 Å². The monoisotopic (exact) mass is 207 g/mol. The highest BCUT2D eigenvalue weighted by molar-refractivity contribution is 5.30. The Morgan fingerprint density at radius 1 is 1.33 bits per heavy atom. The van der Waals surface area contributed by atoms with Crippen LogP contribution in [0.25, 0.3) is 0 Å². The molecule has 1 aromatic rings. The van der Waals surface area contributed by atoms with Gasteiger partial charge in [-0.1, -0.05) is 30.7 Å². The van der Waals surface area contributed by atoms with Crippen molar-refractivity contribution in [2.75, 3.05) is 6.61 Å². The molecule has 0 aliphatic carbocycles. The average molecular weight is 207 g/mol. The molecule has 0 aliphatic heterocycles. The van der Waals surface area contributed by atoms with E-state index in [2.05, 4.69) is 44.3 Å². The van der Waals surface area contributed by atoms with Crippen molar-refractivity contribution in [2.45, 2.75) is 39.8 Å². The van der Waals surface area contributed by atoms with Gasteiger partial charge in [0, 0.05) is 12.6 Å². The van der Waals surface area contributed by atoms with E-state index in [0.29, 0.717) is 0 Å². The predicted molar refractivity (Wildman–Crippen MR) is 63.9 cm³/mol. The van der Waals surface area contributed by atoms with Crippen molar-refractivity contribution in [3.05, 3.63) is 34.9 Å². The molecule has 0 bridgehead atoms. The van der Waals surface area contributed by atoms with Gasteiger partial charge in [0.15, 0.2) is 0 Å². The molecule has 0 unspecified atom stereocenters. The summed E-state index contributed by atoms with van der Waals surface area (Å²) in [5.74, 6) is 0. The maximum atomic E-state index is 9.07. The maximum Gasteiger partial charge on any atom is 0.0584 e. The van der Waals surface area contributed by atoms with Crippen LogP contribution in [0.2, 0.25) is 0 Å². The molecule has 0 spiro atoms. The van der Waals surface area contributed by atoms with Gasteiger partial charge in [0.2, 0.25) is 0 Å². The molecule has 2 heteroatoms. The standard InChI is InChI=1S/C13H21NO/c1-4-13(9-15)14-8-12-7-10(2)5-6-11(12)3/h5-7,13-15H,4,8-9H2,1-3H3/t13-/m1/s1. The van der Waals surface area contributed by atoms with Gasteiger partial charge in [0.05, 0.1) is 6.61 Å². The van der Waals surface area contributed by atoms with Crippen LogP contribution in [0.15, 0.2) is 18.2 Å². The fourth-order valence-corrected chi connectivity index (χ4v) is 1.58. The van der Waals surface area contributed by atoms with Gasteiger partial charge >= 0.3 is 0 Å². The van der Waals surface area contributed by atoms with Gasteiger partial charge in [-0.25, -0.2) is 0 Å². The molecular weight excluding hydrogens is 186 g/mol. The quantitative estimate of drug-likeness (QED) is 0.775. The first-order valence-electron chi connectivity index (χ1n) is 5.57. The van der Waals surface area contributed by atoms with Gasteiger partial charge in [0.1, 0.15) is 0 Å². The zero-order valence-electron chi connectivity index (χ0n) is 9.88. The second kappa shape index (κ2) is 5.89. The summed E-state index contributed by atoms with van der Waals surface area (Å²) in [6.45, 7) is 7.35. The Hall–Kier alpha value is -0.860. The number of rotatable bonds is 5. The van der Waals surface area contributed by atoms with Crippen molar-refractivity contribution < 1.29 is 5.11 Å². The van der Waals surface area contributed by atoms with Gasteiger partial charge < -0.3 is 10.4 Å². The molecule has 2 nitrogen and oxygen atoms in total. The highest BCUT2D eigenvalue weighted by Gasteiger charge is 2.04. The summed E-state index contributed by atoms with van der Waals surface area (Å²) in [7, 11) is 0. The van der Waals surface area contributed by atoms with Crippen molar-refractivity contribution in [2.24, 2.45) is 0 Å². The first-order chi connectivity index (χ1) is 7.17. The molecule has 0 radical (unpaired) electrons. The van der Waals surface area contributed by atoms with Crippen LogP contribution in [0, 0.1) is 13.8 Å². The smallest absolute Gasteiger partial charge is 0.0584 e. The van der Waals surface area contributed by atoms with Gasteiger partial charge in [-0.05, 0) is 31.4 Å². The SMILES string of the molecule is CC[C@H](CO)NCc1cc(C)ccc1C. The number of nitrogens with one attached hydrogen (secondary N) is 1. The Labute approximate surface area is 92.3 Å². The Balaban J connectivity index is 2.60. The van der Waals surface area contributed by atoms with Gasteiger partial charge in [-0.2, -0.15) is 0 Å². The molecule has 0 amide bonds. The Morgan fingerprint density at radius 2 is 2.07 bits per heavy atom. The molecule has 0 saturated carbocycles. The van der Waals surface area contributed by atoms with Crippen LogP contribution in [0.3, 0.4) is 0 Å². The Bertz CT molecular complexity index is 305. The van der Waals surface area contributed by atoms with Crippen LogP contribution in [0.5, 0.6) is 0 Å². The molecule has 1 atom stereocenters. The number of hydrogen-bond donors (Lipinski definition) is 2. The van der Waals surface area contributed by atoms with Crippen molar-refractivity contribution in [1.29, 1.82) is 0 Å². The van der Waals surface area contributed by atoms with Crippen molar-refractivity contribution in [3.8, 4) is 0 Å². The molecule has 0 fully saturated rings. The average Bonchev–Trinajstić information content (AvgIpc) is 2.24. The Kier molecular flexibility index (Phi) is 4.79. The van der Waals surface area contributed by atoms with Crippen LogP contribution in [0.1, 0.15) is 30.0 Å². The van der Waals surface area contributed by atoms with Crippen LogP contribution in [-0.2, 0) is 6.54 Å². The molecule has 84 valence electrons. The van der Waals surface area contributed by atoms with E-state index in [1.807, 2.05) is 0 Å².